The van der Waals surface area contributed by atoms with Gasteiger partial charge in [0.05, 0.1) is 0 Å². The largest absolute Gasteiger partial charge is 0.291 e. The Kier molecular flexibility index (Phi) is 3.97. The van der Waals surface area contributed by atoms with Crippen LogP contribution in [0.15, 0.2) is 28.7 Å². The van der Waals surface area contributed by atoms with E-state index in [2.05, 4.69) is 31.9 Å². The van der Waals surface area contributed by atoms with E-state index in [4.69, 9.17) is 0 Å². The number of carbonyl (C=O) groups excluding carboxylic acids is 1. The molecule has 1 atom stereocenters. The lowest BCUT2D eigenvalue weighted by molar-refractivity contribution is 0.0983. The first-order chi connectivity index (χ1) is 7.16. The third-order valence-electron chi connectivity index (χ3n) is 2.21. The van der Waals surface area contributed by atoms with Gasteiger partial charge in [-0.3, -0.25) is 4.79 Å². The second-order valence-corrected chi connectivity index (χ2v) is 8.91. The molecule has 1 aromatic carbocycles. The number of rotatable bonds is 3. The monoisotopic (exact) mass is 368 g/mol. The van der Waals surface area contributed by atoms with Gasteiger partial charge < -0.3 is 0 Å². The minimum atomic E-state index is -3.50. The van der Waals surface area contributed by atoms with Crippen molar-refractivity contribution in [2.24, 2.45) is 0 Å². The smallest absolute Gasteiger partial charge is 0.194 e. The van der Waals surface area contributed by atoms with Crippen LogP contribution in [0.1, 0.15) is 17.3 Å². The number of carbonyl (C=O) groups is 1. The van der Waals surface area contributed by atoms with Gasteiger partial charge in [0, 0.05) is 16.3 Å². The summed E-state index contributed by atoms with van der Waals surface area (Å²) in [7, 11) is -3.50. The van der Waals surface area contributed by atoms with Crippen LogP contribution in [0.2, 0.25) is 0 Å². The highest BCUT2D eigenvalue weighted by molar-refractivity contribution is 9.12. The second kappa shape index (κ2) is 4.58. The molecule has 0 heterocycles. The molecule has 0 bridgehead atoms. The summed E-state index contributed by atoms with van der Waals surface area (Å²) >= 11 is 6.22. The Labute approximate surface area is 111 Å². The lowest BCUT2D eigenvalue weighted by Gasteiger charge is -2.18. The zero-order chi connectivity index (χ0) is 12.6. The molecule has 0 aliphatic carbocycles. The van der Waals surface area contributed by atoms with Crippen molar-refractivity contribution in [1.82, 2.24) is 0 Å². The number of hydrogen-bond acceptors (Lipinski definition) is 3. The molecule has 0 fully saturated rings. The van der Waals surface area contributed by atoms with Gasteiger partial charge in [-0.2, -0.15) is 0 Å². The molecular formula is C10H10Br2O3S. The Balaban J connectivity index is 3.18. The van der Waals surface area contributed by atoms with Gasteiger partial charge >= 0.3 is 0 Å². The van der Waals surface area contributed by atoms with Crippen molar-refractivity contribution >= 4 is 47.5 Å². The molecule has 0 N–H and O–H groups in total. The minimum Gasteiger partial charge on any atom is -0.291 e. The molecule has 0 spiro atoms. The molecule has 0 saturated heterocycles. The van der Waals surface area contributed by atoms with E-state index in [0.717, 1.165) is 10.7 Å². The first-order valence-electron chi connectivity index (χ1n) is 4.35. The molecule has 16 heavy (non-hydrogen) atoms. The van der Waals surface area contributed by atoms with E-state index in [1.807, 2.05) is 0 Å². The highest BCUT2D eigenvalue weighted by Crippen LogP contribution is 2.29. The topological polar surface area (TPSA) is 51.2 Å². The fraction of sp³-hybridized carbons (Fsp3) is 0.300. The van der Waals surface area contributed by atoms with Crippen LogP contribution in [-0.2, 0) is 9.84 Å². The zero-order valence-corrected chi connectivity index (χ0v) is 12.7. The predicted molar refractivity (Wildman–Crippen MR) is 70.6 cm³/mol. The van der Waals surface area contributed by atoms with Gasteiger partial charge in [-0.15, -0.1) is 0 Å². The van der Waals surface area contributed by atoms with Crippen LogP contribution in [0, 0.1) is 0 Å². The predicted octanol–water partition coefficient (Wildman–Crippen LogP) is 2.79. The van der Waals surface area contributed by atoms with Crippen molar-refractivity contribution in [2.75, 3.05) is 6.26 Å². The maximum absolute atomic E-state index is 12.0. The standard InChI is InChI=1S/C10H10Br2O3S/c1-10(12,16(2,14)15)9(13)7-3-5-8(11)6-4-7/h3-6H,1-2H3/t10-/m0/s1. The van der Waals surface area contributed by atoms with Crippen molar-refractivity contribution in [3.05, 3.63) is 34.3 Å². The van der Waals surface area contributed by atoms with Gasteiger partial charge in [-0.1, -0.05) is 44.0 Å². The summed E-state index contributed by atoms with van der Waals surface area (Å²) < 4.78 is 22.2. The molecular weight excluding hydrogens is 360 g/mol. The van der Waals surface area contributed by atoms with Gasteiger partial charge in [0.25, 0.3) is 0 Å². The third kappa shape index (κ3) is 2.73. The van der Waals surface area contributed by atoms with Crippen molar-refractivity contribution in [3.63, 3.8) is 0 Å². The SMILES string of the molecule is C[C@@](Br)(C(=O)c1ccc(Br)cc1)S(C)(=O)=O. The zero-order valence-electron chi connectivity index (χ0n) is 8.70. The quantitative estimate of drug-likeness (QED) is 0.608. The summed E-state index contributed by atoms with van der Waals surface area (Å²) in [6.45, 7) is 1.34. The molecule has 0 saturated carbocycles. The molecule has 1 aromatic rings. The Hall–Kier alpha value is -0.200. The number of halogens is 2. The number of sulfone groups is 1. The van der Waals surface area contributed by atoms with E-state index in [0.29, 0.717) is 5.56 Å². The van der Waals surface area contributed by atoms with Gasteiger partial charge in [0.15, 0.2) is 19.3 Å². The summed E-state index contributed by atoms with van der Waals surface area (Å²) in [6.07, 6.45) is 1.03. The van der Waals surface area contributed by atoms with Crippen LogP contribution >= 0.6 is 31.9 Å². The molecule has 0 radical (unpaired) electrons. The molecule has 88 valence electrons. The molecule has 0 unspecified atom stereocenters. The normalized spacial score (nSPS) is 15.5. The number of alkyl halides is 1. The van der Waals surface area contributed by atoms with Crippen LogP contribution in [0.3, 0.4) is 0 Å². The van der Waals surface area contributed by atoms with E-state index in [-0.39, 0.29) is 0 Å². The van der Waals surface area contributed by atoms with Crippen molar-refractivity contribution < 1.29 is 13.2 Å². The summed E-state index contributed by atoms with van der Waals surface area (Å²) in [5.74, 6) is -0.470. The van der Waals surface area contributed by atoms with Crippen LogP contribution in [0.4, 0.5) is 0 Å². The first-order valence-corrected chi connectivity index (χ1v) is 7.83. The maximum atomic E-state index is 12.0. The van der Waals surface area contributed by atoms with E-state index < -0.39 is 19.3 Å². The number of hydrogen-bond donors (Lipinski definition) is 0. The van der Waals surface area contributed by atoms with Crippen LogP contribution in [0.5, 0.6) is 0 Å². The van der Waals surface area contributed by atoms with Crippen LogP contribution in [-0.4, -0.2) is 24.1 Å². The molecule has 0 aliphatic heterocycles. The summed E-state index contributed by atoms with van der Waals surface area (Å²) in [6, 6.07) is 6.55. The van der Waals surface area contributed by atoms with Gasteiger partial charge in [0.1, 0.15) is 0 Å². The Morgan fingerprint density at radius 3 is 2.06 bits per heavy atom. The number of ketones is 1. The molecule has 0 amide bonds. The second-order valence-electron chi connectivity index (χ2n) is 3.52. The fourth-order valence-corrected chi connectivity index (χ4v) is 1.98. The Bertz CT molecular complexity index is 503. The van der Waals surface area contributed by atoms with E-state index in [1.54, 1.807) is 24.3 Å². The Morgan fingerprint density at radius 2 is 1.69 bits per heavy atom. The molecule has 1 rings (SSSR count). The molecule has 0 aromatic heterocycles. The van der Waals surface area contributed by atoms with Crippen molar-refractivity contribution in [3.8, 4) is 0 Å². The Morgan fingerprint density at radius 1 is 1.25 bits per heavy atom. The lowest BCUT2D eigenvalue weighted by atomic mass is 10.1. The summed E-state index contributed by atoms with van der Waals surface area (Å²) in [4.78, 5) is 12.0. The highest BCUT2D eigenvalue weighted by Gasteiger charge is 2.41. The summed E-state index contributed by atoms with van der Waals surface area (Å²) in [5.41, 5.74) is 0.355. The van der Waals surface area contributed by atoms with Crippen LogP contribution < -0.4 is 0 Å². The lowest BCUT2D eigenvalue weighted by Crippen LogP contribution is -2.36. The number of Topliss-reactive ketones (excluding diaryl/α,β-unsaturated/α-hetero) is 1. The molecule has 6 heteroatoms. The number of benzene rings is 1. The maximum Gasteiger partial charge on any atom is 0.194 e. The van der Waals surface area contributed by atoms with E-state index in [9.17, 15) is 13.2 Å². The molecule has 0 aliphatic rings. The van der Waals surface area contributed by atoms with Gasteiger partial charge in [0.2, 0.25) is 0 Å². The minimum absolute atomic E-state index is 0.355. The summed E-state index contributed by atoms with van der Waals surface area (Å²) in [5, 5.41) is 0. The van der Waals surface area contributed by atoms with E-state index >= 15 is 0 Å². The average molecular weight is 370 g/mol. The fourth-order valence-electron chi connectivity index (χ4n) is 1.03. The first kappa shape index (κ1) is 13.9. The third-order valence-corrected chi connectivity index (χ3v) is 6.44. The highest BCUT2D eigenvalue weighted by atomic mass is 79.9. The van der Waals surface area contributed by atoms with Crippen molar-refractivity contribution in [1.29, 1.82) is 0 Å². The van der Waals surface area contributed by atoms with Gasteiger partial charge in [-0.25, -0.2) is 8.42 Å². The van der Waals surface area contributed by atoms with Crippen molar-refractivity contribution in [2.45, 2.75) is 10.6 Å². The van der Waals surface area contributed by atoms with Crippen LogP contribution in [0.25, 0.3) is 0 Å². The van der Waals surface area contributed by atoms with Gasteiger partial charge in [-0.05, 0) is 19.1 Å². The average Bonchev–Trinajstić information content (AvgIpc) is 2.16. The molecule has 3 nitrogen and oxygen atoms in total. The van der Waals surface area contributed by atoms with E-state index in [1.165, 1.54) is 6.92 Å².